The van der Waals surface area contributed by atoms with Gasteiger partial charge in [-0.05, 0) is 23.1 Å². The van der Waals surface area contributed by atoms with Crippen molar-refractivity contribution in [1.82, 2.24) is 0 Å². The summed E-state index contributed by atoms with van der Waals surface area (Å²) in [5, 5.41) is 9.54. The number of carboxylic acid groups (broad SMARTS) is 1. The number of carboxylic acids is 1. The molecule has 3 rings (SSSR count). The Morgan fingerprint density at radius 3 is 2.14 bits per heavy atom. The Bertz CT molecular complexity index is 697. The SMILES string of the molecule is O=C(O)C1=CCC=C(c2ccccc2)C1c1ccccc1. The van der Waals surface area contributed by atoms with Gasteiger partial charge in [0.1, 0.15) is 0 Å². The first-order valence-corrected chi connectivity index (χ1v) is 7.01. The lowest BCUT2D eigenvalue weighted by Crippen LogP contribution is -2.15. The normalized spacial score (nSPS) is 17.8. The van der Waals surface area contributed by atoms with Crippen LogP contribution in [0.4, 0.5) is 0 Å². The molecule has 0 aliphatic heterocycles. The Morgan fingerprint density at radius 2 is 1.52 bits per heavy atom. The van der Waals surface area contributed by atoms with Crippen molar-refractivity contribution in [3.05, 3.63) is 89.5 Å². The Balaban J connectivity index is 2.11. The van der Waals surface area contributed by atoms with E-state index in [4.69, 9.17) is 0 Å². The van der Waals surface area contributed by atoms with Gasteiger partial charge >= 0.3 is 5.97 Å². The molecule has 104 valence electrons. The van der Waals surface area contributed by atoms with E-state index in [1.807, 2.05) is 66.7 Å². The molecule has 2 heteroatoms. The molecule has 0 heterocycles. The Kier molecular flexibility index (Phi) is 3.69. The van der Waals surface area contributed by atoms with Gasteiger partial charge in [0, 0.05) is 11.5 Å². The van der Waals surface area contributed by atoms with Crippen molar-refractivity contribution in [3.63, 3.8) is 0 Å². The zero-order valence-corrected chi connectivity index (χ0v) is 11.6. The molecule has 2 aromatic rings. The predicted octanol–water partition coefficient (Wildman–Crippen LogP) is 4.27. The summed E-state index contributed by atoms with van der Waals surface area (Å²) in [6.45, 7) is 0. The van der Waals surface area contributed by atoms with Crippen LogP contribution in [0.1, 0.15) is 23.5 Å². The van der Waals surface area contributed by atoms with Gasteiger partial charge in [-0.25, -0.2) is 4.79 Å². The molecule has 1 aliphatic rings. The summed E-state index contributed by atoms with van der Waals surface area (Å²) in [6.07, 6.45) is 4.60. The lowest BCUT2D eigenvalue weighted by Gasteiger charge is -2.25. The number of carbonyl (C=O) groups is 1. The fourth-order valence-electron chi connectivity index (χ4n) is 2.85. The smallest absolute Gasteiger partial charge is 0.332 e. The van der Waals surface area contributed by atoms with Gasteiger partial charge in [-0.1, -0.05) is 72.8 Å². The maximum absolute atomic E-state index is 11.6. The molecule has 0 saturated carbocycles. The Labute approximate surface area is 124 Å². The average Bonchev–Trinajstić information content (AvgIpc) is 2.55. The standard InChI is InChI=1S/C19H16O2/c20-19(21)17-13-7-12-16(14-8-3-1-4-9-14)18(17)15-10-5-2-6-11-15/h1-6,8-13,18H,7H2,(H,20,21). The summed E-state index contributed by atoms with van der Waals surface area (Å²) < 4.78 is 0. The highest BCUT2D eigenvalue weighted by molar-refractivity contribution is 5.95. The van der Waals surface area contributed by atoms with Crippen molar-refractivity contribution in [2.75, 3.05) is 0 Å². The minimum Gasteiger partial charge on any atom is -0.478 e. The highest BCUT2D eigenvalue weighted by Gasteiger charge is 2.28. The van der Waals surface area contributed by atoms with Gasteiger partial charge in [-0.2, -0.15) is 0 Å². The van der Waals surface area contributed by atoms with Crippen LogP contribution in [0, 0.1) is 0 Å². The van der Waals surface area contributed by atoms with Crippen LogP contribution in [0.2, 0.25) is 0 Å². The van der Waals surface area contributed by atoms with Crippen molar-refractivity contribution in [2.45, 2.75) is 12.3 Å². The van der Waals surface area contributed by atoms with E-state index >= 15 is 0 Å². The summed E-state index contributed by atoms with van der Waals surface area (Å²) in [6, 6.07) is 19.8. The number of hydrogen-bond donors (Lipinski definition) is 1. The molecule has 0 aromatic heterocycles. The summed E-state index contributed by atoms with van der Waals surface area (Å²) in [5.41, 5.74) is 3.63. The highest BCUT2D eigenvalue weighted by atomic mass is 16.4. The second-order valence-corrected chi connectivity index (χ2v) is 5.07. The second kappa shape index (κ2) is 5.80. The molecule has 1 aliphatic carbocycles. The van der Waals surface area contributed by atoms with Gasteiger partial charge in [-0.15, -0.1) is 0 Å². The lowest BCUT2D eigenvalue weighted by molar-refractivity contribution is -0.132. The van der Waals surface area contributed by atoms with Crippen molar-refractivity contribution < 1.29 is 9.90 Å². The van der Waals surface area contributed by atoms with E-state index in [1.54, 1.807) is 0 Å². The van der Waals surface area contributed by atoms with Gasteiger partial charge in [0.15, 0.2) is 0 Å². The summed E-state index contributed by atoms with van der Waals surface area (Å²) >= 11 is 0. The number of aliphatic carboxylic acids is 1. The maximum atomic E-state index is 11.6. The summed E-state index contributed by atoms with van der Waals surface area (Å²) in [5.74, 6) is -1.05. The number of rotatable bonds is 3. The third kappa shape index (κ3) is 2.65. The van der Waals surface area contributed by atoms with Crippen molar-refractivity contribution in [1.29, 1.82) is 0 Å². The van der Waals surface area contributed by atoms with Gasteiger partial charge in [0.2, 0.25) is 0 Å². The first kappa shape index (κ1) is 13.4. The molecule has 0 spiro atoms. The molecule has 1 unspecified atom stereocenters. The summed E-state index contributed by atoms with van der Waals surface area (Å²) in [4.78, 5) is 11.6. The van der Waals surface area contributed by atoms with Crippen LogP contribution >= 0.6 is 0 Å². The first-order valence-electron chi connectivity index (χ1n) is 7.01. The lowest BCUT2D eigenvalue weighted by atomic mass is 9.78. The van der Waals surface area contributed by atoms with E-state index in [-0.39, 0.29) is 5.92 Å². The molecule has 0 saturated heterocycles. The molecule has 0 bridgehead atoms. The Morgan fingerprint density at radius 1 is 0.905 bits per heavy atom. The molecule has 2 aromatic carbocycles. The second-order valence-electron chi connectivity index (χ2n) is 5.07. The molecule has 1 atom stereocenters. The number of benzene rings is 2. The largest absolute Gasteiger partial charge is 0.478 e. The number of allylic oxidation sites excluding steroid dienone is 3. The zero-order valence-electron chi connectivity index (χ0n) is 11.6. The van der Waals surface area contributed by atoms with Crippen molar-refractivity contribution in [3.8, 4) is 0 Å². The predicted molar refractivity (Wildman–Crippen MR) is 83.9 cm³/mol. The van der Waals surface area contributed by atoms with Crippen LogP contribution in [0.5, 0.6) is 0 Å². The molecule has 2 nitrogen and oxygen atoms in total. The van der Waals surface area contributed by atoms with Crippen LogP contribution in [0.15, 0.2) is 78.4 Å². The molecule has 1 N–H and O–H groups in total. The van der Waals surface area contributed by atoms with E-state index in [0.717, 1.165) is 16.7 Å². The first-order chi connectivity index (χ1) is 10.3. The van der Waals surface area contributed by atoms with Gasteiger partial charge < -0.3 is 5.11 Å². The molecular weight excluding hydrogens is 260 g/mol. The minimum atomic E-state index is -0.842. The fraction of sp³-hybridized carbons (Fsp3) is 0.105. The molecule has 0 fully saturated rings. The van der Waals surface area contributed by atoms with E-state index in [0.29, 0.717) is 12.0 Å². The van der Waals surface area contributed by atoms with Gasteiger partial charge in [-0.3, -0.25) is 0 Å². The number of hydrogen-bond acceptors (Lipinski definition) is 1. The van der Waals surface area contributed by atoms with Crippen LogP contribution < -0.4 is 0 Å². The third-order valence-electron chi connectivity index (χ3n) is 3.78. The maximum Gasteiger partial charge on any atom is 0.332 e. The summed E-state index contributed by atoms with van der Waals surface area (Å²) in [7, 11) is 0. The van der Waals surface area contributed by atoms with Gasteiger partial charge in [0.25, 0.3) is 0 Å². The highest BCUT2D eigenvalue weighted by Crippen LogP contribution is 2.40. The van der Waals surface area contributed by atoms with Crippen LogP contribution in [-0.2, 0) is 4.79 Å². The van der Waals surface area contributed by atoms with Gasteiger partial charge in [0.05, 0.1) is 0 Å². The van der Waals surface area contributed by atoms with Crippen LogP contribution in [-0.4, -0.2) is 11.1 Å². The van der Waals surface area contributed by atoms with E-state index in [1.165, 1.54) is 0 Å². The van der Waals surface area contributed by atoms with Crippen molar-refractivity contribution in [2.24, 2.45) is 0 Å². The topological polar surface area (TPSA) is 37.3 Å². The van der Waals surface area contributed by atoms with Crippen LogP contribution in [0.3, 0.4) is 0 Å². The fourth-order valence-corrected chi connectivity index (χ4v) is 2.85. The third-order valence-corrected chi connectivity index (χ3v) is 3.78. The zero-order chi connectivity index (χ0) is 14.7. The quantitative estimate of drug-likeness (QED) is 0.909. The van der Waals surface area contributed by atoms with E-state index in [9.17, 15) is 9.90 Å². The van der Waals surface area contributed by atoms with E-state index < -0.39 is 5.97 Å². The Hall–Kier alpha value is -2.61. The molecule has 21 heavy (non-hydrogen) atoms. The molecular formula is C19H16O2. The molecule has 0 radical (unpaired) electrons. The van der Waals surface area contributed by atoms with Crippen LogP contribution in [0.25, 0.3) is 5.57 Å². The van der Waals surface area contributed by atoms with Crippen molar-refractivity contribution >= 4 is 11.5 Å². The molecule has 0 amide bonds. The average molecular weight is 276 g/mol. The minimum absolute atomic E-state index is 0.208. The monoisotopic (exact) mass is 276 g/mol. The van der Waals surface area contributed by atoms with E-state index in [2.05, 4.69) is 6.08 Å².